The van der Waals surface area contributed by atoms with Crippen LogP contribution in [0.5, 0.6) is 0 Å². The summed E-state index contributed by atoms with van der Waals surface area (Å²) in [4.78, 5) is 2.30. The van der Waals surface area contributed by atoms with E-state index in [1.807, 2.05) is 0 Å². The van der Waals surface area contributed by atoms with Crippen molar-refractivity contribution in [2.24, 2.45) is 0 Å². The van der Waals surface area contributed by atoms with Gasteiger partial charge in [-0.1, -0.05) is 0 Å². The minimum Gasteiger partial charge on any atom is -0.313 e. The van der Waals surface area contributed by atoms with E-state index in [1.54, 1.807) is 0 Å². The molecule has 0 radical (unpaired) electrons. The maximum atomic E-state index is 11.4. The van der Waals surface area contributed by atoms with Crippen LogP contribution in [-0.2, 0) is 9.84 Å². The van der Waals surface area contributed by atoms with Gasteiger partial charge in [0.2, 0.25) is 0 Å². The molecule has 0 aliphatic carbocycles. The molecule has 1 atom stereocenters. The highest BCUT2D eigenvalue weighted by Crippen LogP contribution is 2.10. The van der Waals surface area contributed by atoms with Crippen LogP contribution in [0.2, 0.25) is 0 Å². The molecule has 5 heteroatoms. The number of hydrogen-bond donors (Lipinski definition) is 1. The molecule has 2 heterocycles. The van der Waals surface area contributed by atoms with Crippen LogP contribution in [0.1, 0.15) is 19.3 Å². The molecule has 2 fully saturated rings. The van der Waals surface area contributed by atoms with Crippen LogP contribution >= 0.6 is 0 Å². The monoisotopic (exact) mass is 232 g/mol. The third-order valence-corrected chi connectivity index (χ3v) is 5.00. The van der Waals surface area contributed by atoms with Gasteiger partial charge in [-0.25, -0.2) is 8.42 Å². The Bertz CT molecular complexity index is 297. The molecule has 2 rings (SSSR count). The van der Waals surface area contributed by atoms with E-state index in [4.69, 9.17) is 0 Å². The lowest BCUT2D eigenvalue weighted by molar-refractivity contribution is 0.267. The summed E-state index contributed by atoms with van der Waals surface area (Å²) in [6, 6.07) is 0.589. The predicted octanol–water partition coefficient (Wildman–Crippen LogP) is -0.141. The summed E-state index contributed by atoms with van der Waals surface area (Å²) in [5, 5.41) is 3.45. The van der Waals surface area contributed by atoms with Crippen molar-refractivity contribution in [2.45, 2.75) is 25.3 Å². The highest BCUT2D eigenvalue weighted by atomic mass is 32.2. The number of nitrogens with one attached hydrogen (secondary N) is 1. The van der Waals surface area contributed by atoms with Gasteiger partial charge in [-0.15, -0.1) is 0 Å². The first kappa shape index (κ1) is 11.4. The lowest BCUT2D eigenvalue weighted by Gasteiger charge is -2.23. The van der Waals surface area contributed by atoms with Crippen molar-refractivity contribution in [2.75, 3.05) is 37.7 Å². The normalized spacial score (nSPS) is 32.7. The Labute approximate surface area is 91.9 Å². The molecular weight excluding hydrogens is 212 g/mol. The zero-order valence-electron chi connectivity index (χ0n) is 9.11. The lowest BCUT2D eigenvalue weighted by Crippen LogP contribution is -2.38. The molecule has 4 nitrogen and oxygen atoms in total. The van der Waals surface area contributed by atoms with Crippen molar-refractivity contribution in [3.8, 4) is 0 Å². The maximum Gasteiger partial charge on any atom is 0.151 e. The van der Waals surface area contributed by atoms with Gasteiger partial charge in [0.05, 0.1) is 11.5 Å². The topological polar surface area (TPSA) is 49.4 Å². The van der Waals surface area contributed by atoms with Gasteiger partial charge in [0, 0.05) is 19.1 Å². The Hall–Kier alpha value is -0.130. The van der Waals surface area contributed by atoms with Crippen LogP contribution in [0.3, 0.4) is 0 Å². The van der Waals surface area contributed by atoms with Crippen LogP contribution in [-0.4, -0.2) is 57.0 Å². The van der Waals surface area contributed by atoms with E-state index in [9.17, 15) is 8.42 Å². The molecule has 1 unspecified atom stereocenters. The fraction of sp³-hybridized carbons (Fsp3) is 1.00. The van der Waals surface area contributed by atoms with Crippen LogP contribution in [0.25, 0.3) is 0 Å². The van der Waals surface area contributed by atoms with E-state index in [0.29, 0.717) is 17.5 Å². The first-order chi connectivity index (χ1) is 7.16. The molecule has 2 saturated heterocycles. The van der Waals surface area contributed by atoms with Crippen LogP contribution in [0.15, 0.2) is 0 Å². The van der Waals surface area contributed by atoms with Crippen molar-refractivity contribution in [1.82, 2.24) is 10.2 Å². The second kappa shape index (κ2) is 4.80. The number of rotatable bonds is 2. The summed E-state index contributed by atoms with van der Waals surface area (Å²) in [5.74, 6) is 0.724. The highest BCUT2D eigenvalue weighted by Gasteiger charge is 2.22. The van der Waals surface area contributed by atoms with Gasteiger partial charge in [0.15, 0.2) is 9.84 Å². The van der Waals surface area contributed by atoms with Crippen molar-refractivity contribution in [3.05, 3.63) is 0 Å². The number of hydrogen-bond acceptors (Lipinski definition) is 4. The number of nitrogens with zero attached hydrogens (tertiary/aromatic N) is 1. The first-order valence-corrected chi connectivity index (χ1v) is 7.64. The Balaban J connectivity index is 1.83. The van der Waals surface area contributed by atoms with Crippen molar-refractivity contribution >= 4 is 9.84 Å². The Morgan fingerprint density at radius 2 is 2.07 bits per heavy atom. The first-order valence-electron chi connectivity index (χ1n) is 5.82. The van der Waals surface area contributed by atoms with Gasteiger partial charge in [0.25, 0.3) is 0 Å². The highest BCUT2D eigenvalue weighted by molar-refractivity contribution is 7.91. The Kier molecular flexibility index (Phi) is 3.64. The largest absolute Gasteiger partial charge is 0.313 e. The Morgan fingerprint density at radius 1 is 1.20 bits per heavy atom. The molecule has 0 spiro atoms. The standard InChI is InChI=1S/C10H20N2O2S/c13-15(14)7-2-5-12(6-8-15)9-10-3-1-4-11-10/h10-11H,1-9H2. The second-order valence-electron chi connectivity index (χ2n) is 4.60. The molecule has 0 aromatic rings. The van der Waals surface area contributed by atoms with E-state index >= 15 is 0 Å². The minimum absolute atomic E-state index is 0.347. The van der Waals surface area contributed by atoms with Crippen LogP contribution in [0, 0.1) is 0 Å². The van der Waals surface area contributed by atoms with Crippen LogP contribution < -0.4 is 5.32 Å². The van der Waals surface area contributed by atoms with E-state index in [1.165, 1.54) is 12.8 Å². The molecule has 0 saturated carbocycles. The lowest BCUT2D eigenvalue weighted by atomic mass is 10.2. The third-order valence-electron chi connectivity index (χ3n) is 3.29. The SMILES string of the molecule is O=S1(=O)CCCN(CC2CCCN2)CC1. The van der Waals surface area contributed by atoms with E-state index in [0.717, 1.165) is 32.6 Å². The zero-order chi connectivity index (χ0) is 10.7. The molecule has 0 aromatic carbocycles. The Morgan fingerprint density at radius 3 is 2.80 bits per heavy atom. The van der Waals surface area contributed by atoms with E-state index < -0.39 is 9.84 Å². The van der Waals surface area contributed by atoms with Crippen molar-refractivity contribution in [3.63, 3.8) is 0 Å². The van der Waals surface area contributed by atoms with Gasteiger partial charge >= 0.3 is 0 Å². The smallest absolute Gasteiger partial charge is 0.151 e. The van der Waals surface area contributed by atoms with E-state index in [-0.39, 0.29) is 0 Å². The van der Waals surface area contributed by atoms with Gasteiger partial charge in [0.1, 0.15) is 0 Å². The third kappa shape index (κ3) is 3.43. The molecule has 2 aliphatic heterocycles. The summed E-state index contributed by atoms with van der Waals surface area (Å²) in [6.45, 7) is 3.81. The molecule has 0 bridgehead atoms. The van der Waals surface area contributed by atoms with Crippen molar-refractivity contribution in [1.29, 1.82) is 0 Å². The zero-order valence-corrected chi connectivity index (χ0v) is 9.93. The molecule has 1 N–H and O–H groups in total. The quantitative estimate of drug-likeness (QED) is 0.720. The molecular formula is C10H20N2O2S. The van der Waals surface area contributed by atoms with Crippen LogP contribution in [0.4, 0.5) is 0 Å². The maximum absolute atomic E-state index is 11.4. The molecule has 15 heavy (non-hydrogen) atoms. The fourth-order valence-corrected chi connectivity index (χ4v) is 3.71. The van der Waals surface area contributed by atoms with Gasteiger partial charge in [-0.2, -0.15) is 0 Å². The van der Waals surface area contributed by atoms with E-state index in [2.05, 4.69) is 10.2 Å². The molecule has 2 aliphatic rings. The van der Waals surface area contributed by atoms with Gasteiger partial charge in [-0.05, 0) is 32.4 Å². The average molecular weight is 232 g/mol. The number of sulfone groups is 1. The molecule has 88 valence electrons. The fourth-order valence-electron chi connectivity index (χ4n) is 2.40. The van der Waals surface area contributed by atoms with Gasteiger partial charge in [-0.3, -0.25) is 0 Å². The molecule has 0 amide bonds. The minimum atomic E-state index is -2.75. The average Bonchev–Trinajstić information content (AvgIpc) is 2.60. The van der Waals surface area contributed by atoms with Crippen molar-refractivity contribution < 1.29 is 8.42 Å². The summed E-state index contributed by atoms with van der Waals surface area (Å²) in [7, 11) is -2.75. The predicted molar refractivity (Wildman–Crippen MR) is 60.7 cm³/mol. The van der Waals surface area contributed by atoms with Gasteiger partial charge < -0.3 is 10.2 Å². The summed E-state index contributed by atoms with van der Waals surface area (Å²) < 4.78 is 22.8. The summed E-state index contributed by atoms with van der Waals surface area (Å²) >= 11 is 0. The summed E-state index contributed by atoms with van der Waals surface area (Å²) in [5.41, 5.74) is 0. The summed E-state index contributed by atoms with van der Waals surface area (Å²) in [6.07, 6.45) is 3.30. The molecule has 0 aromatic heterocycles. The second-order valence-corrected chi connectivity index (χ2v) is 6.90.